The third-order valence-corrected chi connectivity index (χ3v) is 6.44. The summed E-state index contributed by atoms with van der Waals surface area (Å²) < 4.78 is 0. The molecule has 1 aromatic rings. The van der Waals surface area contributed by atoms with Gasteiger partial charge in [0.1, 0.15) is 11.3 Å². The molecule has 0 radical (unpaired) electrons. The Morgan fingerprint density at radius 3 is 2.43 bits per heavy atom. The van der Waals surface area contributed by atoms with Gasteiger partial charge in [0.05, 0.1) is 6.04 Å². The predicted molar refractivity (Wildman–Crippen MR) is 110 cm³/mol. The number of aliphatic hydroxyl groups excluding tert-OH is 1. The van der Waals surface area contributed by atoms with Gasteiger partial charge in [-0.15, -0.1) is 0 Å². The molecule has 2 heterocycles. The zero-order chi connectivity index (χ0) is 21.3. The van der Waals surface area contributed by atoms with E-state index in [1.807, 2.05) is 30.3 Å². The van der Waals surface area contributed by atoms with Crippen molar-refractivity contribution in [3.63, 3.8) is 0 Å². The lowest BCUT2D eigenvalue weighted by molar-refractivity contribution is -0.125. The van der Waals surface area contributed by atoms with Gasteiger partial charge in [0.2, 0.25) is 0 Å². The van der Waals surface area contributed by atoms with Crippen LogP contribution in [-0.4, -0.2) is 58.2 Å². The van der Waals surface area contributed by atoms with Crippen LogP contribution in [0.15, 0.2) is 41.7 Å². The van der Waals surface area contributed by atoms with Crippen molar-refractivity contribution in [2.24, 2.45) is 5.92 Å². The fourth-order valence-corrected chi connectivity index (χ4v) is 4.89. The summed E-state index contributed by atoms with van der Waals surface area (Å²) in [6.07, 6.45) is 4.19. The van der Waals surface area contributed by atoms with E-state index in [1.54, 1.807) is 4.90 Å². The first-order chi connectivity index (χ1) is 14.5. The summed E-state index contributed by atoms with van der Waals surface area (Å²) in [5, 5.41) is 22.9. The summed E-state index contributed by atoms with van der Waals surface area (Å²) in [6, 6.07) is 8.72. The second kappa shape index (κ2) is 8.38. The number of carbonyl (C=O) groups is 3. The molecule has 2 unspecified atom stereocenters. The SMILES string of the molecule is O=C1NC2CN(C(=O)O)CCC2C(O)=C1C(=O)N(c1ccccc1)C1CCCCC1. The first-order valence-corrected chi connectivity index (χ1v) is 10.6. The summed E-state index contributed by atoms with van der Waals surface area (Å²) in [4.78, 5) is 40.6. The Kier molecular flexibility index (Phi) is 5.65. The molecule has 30 heavy (non-hydrogen) atoms. The van der Waals surface area contributed by atoms with Crippen LogP contribution in [0, 0.1) is 5.92 Å². The number of hydrogen-bond donors (Lipinski definition) is 3. The lowest BCUT2D eigenvalue weighted by Crippen LogP contribution is -2.59. The largest absolute Gasteiger partial charge is 0.511 e. The van der Waals surface area contributed by atoms with Crippen LogP contribution in [0.2, 0.25) is 0 Å². The van der Waals surface area contributed by atoms with Gasteiger partial charge in [0.15, 0.2) is 0 Å². The molecule has 8 nitrogen and oxygen atoms in total. The Balaban J connectivity index is 1.66. The number of fused-ring (bicyclic) bond motifs is 1. The van der Waals surface area contributed by atoms with Crippen LogP contribution in [0.1, 0.15) is 38.5 Å². The highest BCUT2D eigenvalue weighted by atomic mass is 16.4. The number of anilines is 1. The quantitative estimate of drug-likeness (QED) is 0.660. The minimum absolute atomic E-state index is 0.0201. The number of carbonyl (C=O) groups excluding carboxylic acids is 2. The molecule has 1 saturated carbocycles. The Hall–Kier alpha value is -3.03. The van der Waals surface area contributed by atoms with Gasteiger partial charge in [-0.25, -0.2) is 4.79 Å². The van der Waals surface area contributed by atoms with E-state index in [9.17, 15) is 24.6 Å². The van der Waals surface area contributed by atoms with Gasteiger partial charge in [-0.1, -0.05) is 37.5 Å². The number of amides is 3. The molecule has 2 fully saturated rings. The van der Waals surface area contributed by atoms with E-state index in [-0.39, 0.29) is 30.5 Å². The number of nitrogens with one attached hydrogen (secondary N) is 1. The Labute approximate surface area is 175 Å². The molecule has 2 atom stereocenters. The monoisotopic (exact) mass is 413 g/mol. The highest BCUT2D eigenvalue weighted by Gasteiger charge is 2.44. The highest BCUT2D eigenvalue weighted by Crippen LogP contribution is 2.33. The van der Waals surface area contributed by atoms with Crippen molar-refractivity contribution in [1.82, 2.24) is 10.2 Å². The van der Waals surface area contributed by atoms with Gasteiger partial charge in [-0.05, 0) is 31.4 Å². The molecule has 3 aliphatic rings. The molecule has 1 aromatic carbocycles. The Morgan fingerprint density at radius 2 is 1.77 bits per heavy atom. The molecular formula is C22H27N3O5. The average Bonchev–Trinajstić information content (AvgIpc) is 2.75. The van der Waals surface area contributed by atoms with E-state index in [0.717, 1.165) is 32.1 Å². The van der Waals surface area contributed by atoms with Crippen molar-refractivity contribution in [3.8, 4) is 0 Å². The second-order valence-corrected chi connectivity index (χ2v) is 8.27. The molecule has 0 bridgehead atoms. The molecule has 0 spiro atoms. The summed E-state index contributed by atoms with van der Waals surface area (Å²) in [5.74, 6) is -1.79. The molecule has 1 saturated heterocycles. The van der Waals surface area contributed by atoms with E-state index in [1.165, 1.54) is 4.90 Å². The van der Waals surface area contributed by atoms with Gasteiger partial charge < -0.3 is 25.3 Å². The van der Waals surface area contributed by atoms with Crippen molar-refractivity contribution < 1.29 is 24.6 Å². The van der Waals surface area contributed by atoms with Crippen molar-refractivity contribution in [2.75, 3.05) is 18.0 Å². The first-order valence-electron chi connectivity index (χ1n) is 10.6. The average molecular weight is 413 g/mol. The summed E-state index contributed by atoms with van der Waals surface area (Å²) in [5.41, 5.74) is 0.500. The van der Waals surface area contributed by atoms with Gasteiger partial charge in [-0.2, -0.15) is 0 Å². The minimum atomic E-state index is -1.06. The van der Waals surface area contributed by atoms with Crippen LogP contribution in [0.3, 0.4) is 0 Å². The van der Waals surface area contributed by atoms with Crippen LogP contribution in [0.5, 0.6) is 0 Å². The number of hydrogen-bond acceptors (Lipinski definition) is 4. The van der Waals surface area contributed by atoms with Gasteiger partial charge in [0, 0.05) is 30.7 Å². The van der Waals surface area contributed by atoms with Gasteiger partial charge in [-0.3, -0.25) is 9.59 Å². The lowest BCUT2D eigenvalue weighted by Gasteiger charge is -2.41. The normalized spacial score (nSPS) is 24.8. The number of para-hydroxylation sites is 1. The van der Waals surface area contributed by atoms with Crippen LogP contribution >= 0.6 is 0 Å². The third kappa shape index (κ3) is 3.74. The predicted octanol–water partition coefficient (Wildman–Crippen LogP) is 2.66. The van der Waals surface area contributed by atoms with Gasteiger partial charge in [0.25, 0.3) is 11.8 Å². The summed E-state index contributed by atoms with van der Waals surface area (Å²) >= 11 is 0. The molecule has 0 aromatic heterocycles. The second-order valence-electron chi connectivity index (χ2n) is 8.27. The number of rotatable bonds is 3. The number of aliphatic hydroxyl groups is 1. The third-order valence-electron chi connectivity index (χ3n) is 6.44. The molecule has 160 valence electrons. The Bertz CT molecular complexity index is 863. The lowest BCUT2D eigenvalue weighted by atomic mass is 9.84. The molecule has 3 amide bonds. The minimum Gasteiger partial charge on any atom is -0.511 e. The number of nitrogens with zero attached hydrogens (tertiary/aromatic N) is 2. The van der Waals surface area contributed by atoms with Crippen molar-refractivity contribution in [1.29, 1.82) is 0 Å². The van der Waals surface area contributed by atoms with E-state index in [0.29, 0.717) is 12.1 Å². The van der Waals surface area contributed by atoms with E-state index >= 15 is 0 Å². The zero-order valence-electron chi connectivity index (χ0n) is 16.8. The zero-order valence-corrected chi connectivity index (χ0v) is 16.8. The number of carboxylic acid groups (broad SMARTS) is 1. The molecule has 3 N–H and O–H groups in total. The van der Waals surface area contributed by atoms with E-state index in [2.05, 4.69) is 5.32 Å². The Morgan fingerprint density at radius 1 is 1.07 bits per heavy atom. The van der Waals surface area contributed by atoms with E-state index in [4.69, 9.17) is 0 Å². The van der Waals surface area contributed by atoms with Crippen LogP contribution < -0.4 is 10.2 Å². The first kappa shape index (κ1) is 20.3. The van der Waals surface area contributed by atoms with Crippen molar-refractivity contribution >= 4 is 23.6 Å². The maximum Gasteiger partial charge on any atom is 0.407 e. The maximum atomic E-state index is 13.6. The highest BCUT2D eigenvalue weighted by molar-refractivity contribution is 6.24. The fraction of sp³-hybridized carbons (Fsp3) is 0.500. The van der Waals surface area contributed by atoms with Crippen LogP contribution in [0.4, 0.5) is 10.5 Å². The van der Waals surface area contributed by atoms with E-state index < -0.39 is 29.9 Å². The fourth-order valence-electron chi connectivity index (χ4n) is 4.89. The molecule has 8 heteroatoms. The topological polar surface area (TPSA) is 110 Å². The summed E-state index contributed by atoms with van der Waals surface area (Å²) in [7, 11) is 0. The van der Waals surface area contributed by atoms with Crippen LogP contribution in [-0.2, 0) is 9.59 Å². The smallest absolute Gasteiger partial charge is 0.407 e. The molecule has 4 rings (SSSR count). The van der Waals surface area contributed by atoms with Crippen LogP contribution in [0.25, 0.3) is 0 Å². The molecule has 1 aliphatic carbocycles. The number of piperidine rings is 1. The van der Waals surface area contributed by atoms with Gasteiger partial charge >= 0.3 is 6.09 Å². The number of likely N-dealkylation sites (tertiary alicyclic amines) is 1. The van der Waals surface area contributed by atoms with Crippen molar-refractivity contribution in [3.05, 3.63) is 41.7 Å². The molecular weight excluding hydrogens is 386 g/mol. The number of benzene rings is 1. The maximum absolute atomic E-state index is 13.6. The molecule has 2 aliphatic heterocycles. The van der Waals surface area contributed by atoms with Crippen molar-refractivity contribution in [2.45, 2.75) is 50.6 Å². The summed E-state index contributed by atoms with van der Waals surface area (Å²) in [6.45, 7) is 0.352. The standard InChI is InChI=1S/C22H27N3O5/c26-19-16-11-12-24(22(29)30)13-17(16)23-20(27)18(19)21(28)25(14-7-3-1-4-8-14)15-9-5-2-6-10-15/h1,3-4,7-8,15-17,26H,2,5-6,9-13H2,(H,23,27)(H,29,30).